The van der Waals surface area contributed by atoms with Crippen molar-refractivity contribution in [1.29, 1.82) is 0 Å². The number of nitrogens with zero attached hydrogens (tertiary/aromatic N) is 4. The molecule has 0 atom stereocenters. The van der Waals surface area contributed by atoms with Gasteiger partial charge in [-0.3, -0.25) is 14.3 Å². The molecule has 0 aliphatic carbocycles. The average Bonchev–Trinajstić information content (AvgIpc) is 3.03. The second kappa shape index (κ2) is 3.61. The second-order valence-corrected chi connectivity index (χ2v) is 4.33. The van der Waals surface area contributed by atoms with E-state index in [4.69, 9.17) is 0 Å². The standard InChI is InChI=1S/C13H9N5O/c19-12-9-6-16-13(17-10(9)7-15-12)18-4-2-8-5-14-3-1-11(8)18/h1-6H,7H2,(H,15,19). The van der Waals surface area contributed by atoms with Crippen molar-refractivity contribution in [2.24, 2.45) is 0 Å². The summed E-state index contributed by atoms with van der Waals surface area (Å²) in [6, 6.07) is 3.87. The van der Waals surface area contributed by atoms with Crippen LogP contribution in [0.5, 0.6) is 0 Å². The Morgan fingerprint density at radius 1 is 1.26 bits per heavy atom. The monoisotopic (exact) mass is 251 g/mol. The summed E-state index contributed by atoms with van der Waals surface area (Å²) in [7, 11) is 0. The SMILES string of the molecule is O=C1NCc2nc(-n3ccc4cnccc43)ncc21. The van der Waals surface area contributed by atoms with Gasteiger partial charge >= 0.3 is 0 Å². The summed E-state index contributed by atoms with van der Waals surface area (Å²) in [6.45, 7) is 0.463. The van der Waals surface area contributed by atoms with Crippen LogP contribution in [-0.2, 0) is 6.54 Å². The second-order valence-electron chi connectivity index (χ2n) is 4.33. The summed E-state index contributed by atoms with van der Waals surface area (Å²) in [6.07, 6.45) is 7.01. The lowest BCUT2D eigenvalue weighted by Crippen LogP contribution is -2.12. The highest BCUT2D eigenvalue weighted by Gasteiger charge is 2.21. The van der Waals surface area contributed by atoms with Crippen molar-refractivity contribution < 1.29 is 4.79 Å². The maximum absolute atomic E-state index is 11.5. The summed E-state index contributed by atoms with van der Waals surface area (Å²) in [5, 5.41) is 3.76. The Kier molecular flexibility index (Phi) is 1.94. The van der Waals surface area contributed by atoms with Crippen molar-refractivity contribution in [2.75, 3.05) is 0 Å². The highest BCUT2D eigenvalue weighted by atomic mass is 16.1. The molecule has 1 amide bonds. The molecule has 0 saturated heterocycles. The molecule has 19 heavy (non-hydrogen) atoms. The van der Waals surface area contributed by atoms with Crippen LogP contribution in [0.3, 0.4) is 0 Å². The number of rotatable bonds is 1. The number of amides is 1. The van der Waals surface area contributed by atoms with Crippen molar-refractivity contribution in [3.63, 3.8) is 0 Å². The predicted octanol–water partition coefficient (Wildman–Crippen LogP) is 1.06. The Morgan fingerprint density at radius 2 is 2.21 bits per heavy atom. The Balaban J connectivity index is 1.91. The van der Waals surface area contributed by atoms with Gasteiger partial charge in [-0.2, -0.15) is 0 Å². The first-order valence-corrected chi connectivity index (χ1v) is 5.88. The van der Waals surface area contributed by atoms with Crippen LogP contribution >= 0.6 is 0 Å². The fraction of sp³-hybridized carbons (Fsp3) is 0.0769. The molecule has 1 aliphatic heterocycles. The zero-order valence-electron chi connectivity index (χ0n) is 9.87. The topological polar surface area (TPSA) is 72.7 Å². The molecule has 0 aromatic carbocycles. The van der Waals surface area contributed by atoms with E-state index >= 15 is 0 Å². The minimum atomic E-state index is -0.108. The van der Waals surface area contributed by atoms with Crippen molar-refractivity contribution in [1.82, 2.24) is 24.8 Å². The number of hydrogen-bond donors (Lipinski definition) is 1. The van der Waals surface area contributed by atoms with Gasteiger partial charge < -0.3 is 5.32 Å². The lowest BCUT2D eigenvalue weighted by molar-refractivity contribution is 0.0965. The number of fused-ring (bicyclic) bond motifs is 2. The zero-order valence-corrected chi connectivity index (χ0v) is 9.87. The first-order valence-electron chi connectivity index (χ1n) is 5.88. The van der Waals surface area contributed by atoms with E-state index in [1.807, 2.05) is 22.9 Å². The highest BCUT2D eigenvalue weighted by molar-refractivity contribution is 5.97. The molecule has 6 nitrogen and oxygen atoms in total. The highest BCUT2D eigenvalue weighted by Crippen LogP contribution is 2.19. The van der Waals surface area contributed by atoms with E-state index in [1.54, 1.807) is 18.6 Å². The smallest absolute Gasteiger partial charge is 0.255 e. The van der Waals surface area contributed by atoms with Crippen molar-refractivity contribution in [2.45, 2.75) is 6.54 Å². The van der Waals surface area contributed by atoms with E-state index in [1.165, 1.54) is 0 Å². The van der Waals surface area contributed by atoms with E-state index in [0.29, 0.717) is 18.1 Å². The van der Waals surface area contributed by atoms with Crippen LogP contribution in [0, 0.1) is 0 Å². The molecular formula is C13H9N5O. The van der Waals surface area contributed by atoms with Crippen LogP contribution in [-0.4, -0.2) is 25.4 Å². The summed E-state index contributed by atoms with van der Waals surface area (Å²) in [5.74, 6) is 0.458. The van der Waals surface area contributed by atoms with E-state index in [2.05, 4.69) is 20.3 Å². The molecule has 6 heteroatoms. The molecular weight excluding hydrogens is 242 g/mol. The van der Waals surface area contributed by atoms with Crippen LogP contribution in [0.15, 0.2) is 36.9 Å². The van der Waals surface area contributed by atoms with Gasteiger partial charge in [0.2, 0.25) is 5.95 Å². The fourth-order valence-corrected chi connectivity index (χ4v) is 2.26. The third-order valence-corrected chi connectivity index (χ3v) is 3.22. The van der Waals surface area contributed by atoms with Crippen LogP contribution in [0.25, 0.3) is 16.9 Å². The van der Waals surface area contributed by atoms with Gasteiger partial charge in [0.05, 0.1) is 23.3 Å². The Labute approximate surface area is 108 Å². The molecule has 1 N–H and O–H groups in total. The number of hydrogen-bond acceptors (Lipinski definition) is 4. The van der Waals surface area contributed by atoms with Crippen molar-refractivity contribution in [3.05, 3.63) is 48.2 Å². The first kappa shape index (κ1) is 10.2. The molecule has 0 saturated carbocycles. The van der Waals surface area contributed by atoms with Gasteiger partial charge in [-0.1, -0.05) is 0 Å². The fourth-order valence-electron chi connectivity index (χ4n) is 2.26. The summed E-state index contributed by atoms with van der Waals surface area (Å²) >= 11 is 0. The normalized spacial score (nSPS) is 13.6. The quantitative estimate of drug-likeness (QED) is 0.701. The minimum Gasteiger partial charge on any atom is -0.346 e. The average molecular weight is 251 g/mol. The third kappa shape index (κ3) is 1.43. The van der Waals surface area contributed by atoms with Crippen LogP contribution in [0.1, 0.15) is 16.1 Å². The minimum absolute atomic E-state index is 0.108. The molecule has 3 aromatic rings. The van der Waals surface area contributed by atoms with Crippen molar-refractivity contribution >= 4 is 16.8 Å². The molecule has 0 bridgehead atoms. The van der Waals surface area contributed by atoms with Gasteiger partial charge in [0.15, 0.2) is 0 Å². The molecule has 4 rings (SSSR count). The number of pyridine rings is 1. The van der Waals surface area contributed by atoms with Gasteiger partial charge in [-0.15, -0.1) is 0 Å². The zero-order chi connectivity index (χ0) is 12.8. The molecule has 1 aliphatic rings. The maximum Gasteiger partial charge on any atom is 0.255 e. The van der Waals surface area contributed by atoms with Gasteiger partial charge in [0.25, 0.3) is 5.91 Å². The molecule has 92 valence electrons. The molecule has 0 spiro atoms. The van der Waals surface area contributed by atoms with Crippen LogP contribution in [0.2, 0.25) is 0 Å². The molecule has 0 unspecified atom stereocenters. The van der Waals surface area contributed by atoms with Crippen LogP contribution in [0.4, 0.5) is 0 Å². The Hall–Kier alpha value is -2.76. The van der Waals surface area contributed by atoms with E-state index < -0.39 is 0 Å². The number of carbonyl (C=O) groups is 1. The number of nitrogens with one attached hydrogen (secondary N) is 1. The van der Waals surface area contributed by atoms with Gasteiger partial charge in [-0.05, 0) is 12.1 Å². The predicted molar refractivity (Wildman–Crippen MR) is 67.8 cm³/mol. The van der Waals surface area contributed by atoms with Crippen LogP contribution < -0.4 is 5.32 Å². The molecule has 0 radical (unpaired) electrons. The first-order chi connectivity index (χ1) is 9.33. The van der Waals surface area contributed by atoms with Gasteiger partial charge in [0.1, 0.15) is 0 Å². The number of aromatic nitrogens is 4. The van der Waals surface area contributed by atoms with Gasteiger partial charge in [0, 0.05) is 30.2 Å². The molecule has 4 heterocycles. The van der Waals surface area contributed by atoms with E-state index in [9.17, 15) is 4.79 Å². The Bertz CT molecular complexity index is 808. The summed E-state index contributed by atoms with van der Waals surface area (Å²) < 4.78 is 1.89. The summed E-state index contributed by atoms with van der Waals surface area (Å²) in [5.41, 5.74) is 2.29. The Morgan fingerprint density at radius 3 is 3.16 bits per heavy atom. The van der Waals surface area contributed by atoms with Gasteiger partial charge in [-0.25, -0.2) is 9.97 Å². The van der Waals surface area contributed by atoms with E-state index in [-0.39, 0.29) is 5.91 Å². The van der Waals surface area contributed by atoms with E-state index in [0.717, 1.165) is 16.6 Å². The molecule has 3 aromatic heterocycles. The van der Waals surface area contributed by atoms with Crippen molar-refractivity contribution in [3.8, 4) is 5.95 Å². The molecule has 0 fully saturated rings. The number of carbonyl (C=O) groups excluding carboxylic acids is 1. The lowest BCUT2D eigenvalue weighted by atomic mass is 10.3. The largest absolute Gasteiger partial charge is 0.346 e. The lowest BCUT2D eigenvalue weighted by Gasteiger charge is -2.04. The summed E-state index contributed by atoms with van der Waals surface area (Å²) in [4.78, 5) is 24.3. The maximum atomic E-state index is 11.5. The third-order valence-electron chi connectivity index (χ3n) is 3.22.